The van der Waals surface area contributed by atoms with Gasteiger partial charge in [0.05, 0.1) is 5.75 Å². The third-order valence-corrected chi connectivity index (χ3v) is 4.44. The topological polar surface area (TPSA) is 54.4 Å². The molecule has 0 aromatic heterocycles. The van der Waals surface area contributed by atoms with Crippen LogP contribution in [-0.4, -0.2) is 22.6 Å². The molecule has 2 aromatic rings. The van der Waals surface area contributed by atoms with Crippen LogP contribution in [0, 0.1) is 0 Å². The van der Waals surface area contributed by atoms with E-state index in [1.54, 1.807) is 0 Å². The van der Waals surface area contributed by atoms with E-state index in [9.17, 15) is 9.59 Å². The lowest BCUT2D eigenvalue weighted by Gasteiger charge is -2.12. The first-order valence-electron chi connectivity index (χ1n) is 7.28. The Balaban J connectivity index is 2.08. The van der Waals surface area contributed by atoms with Gasteiger partial charge in [0.1, 0.15) is 6.42 Å². The van der Waals surface area contributed by atoms with Crippen LogP contribution >= 0.6 is 11.8 Å². The molecule has 0 saturated heterocycles. The molecule has 23 heavy (non-hydrogen) atoms. The molecule has 4 heteroatoms. The molecule has 0 fully saturated rings. The van der Waals surface area contributed by atoms with Gasteiger partial charge in [0.2, 0.25) is 0 Å². The molecule has 0 aliphatic carbocycles. The largest absolute Gasteiger partial charge is 0.481 e. The van der Waals surface area contributed by atoms with Crippen molar-refractivity contribution in [2.75, 3.05) is 5.75 Å². The second kappa shape index (κ2) is 8.96. The van der Waals surface area contributed by atoms with Crippen LogP contribution in [0.4, 0.5) is 0 Å². The molecule has 2 rings (SSSR count). The number of Topliss-reactive ketones (excluding diaryl/α,β-unsaturated/α-hetero) is 1. The highest BCUT2D eigenvalue weighted by atomic mass is 32.2. The Labute approximate surface area is 140 Å². The second-order valence-corrected chi connectivity index (χ2v) is 6.15. The number of hydrogen-bond donors (Lipinski definition) is 1. The molecule has 0 aliphatic heterocycles. The van der Waals surface area contributed by atoms with E-state index >= 15 is 0 Å². The van der Waals surface area contributed by atoms with Crippen LogP contribution in [0.5, 0.6) is 0 Å². The van der Waals surface area contributed by atoms with Crippen molar-refractivity contribution in [3.05, 3.63) is 77.9 Å². The molecule has 0 bridgehead atoms. The number of ketones is 1. The van der Waals surface area contributed by atoms with Crippen molar-refractivity contribution in [3.63, 3.8) is 0 Å². The van der Waals surface area contributed by atoms with Gasteiger partial charge in [-0.05, 0) is 11.1 Å². The lowest BCUT2D eigenvalue weighted by Crippen LogP contribution is -2.09. The molecule has 3 nitrogen and oxygen atoms in total. The monoisotopic (exact) mass is 326 g/mol. The molecule has 118 valence electrons. The van der Waals surface area contributed by atoms with Gasteiger partial charge in [0.25, 0.3) is 0 Å². The SMILES string of the molecule is O=C(O)CC(=O)CSC(/C=C/c1ccccc1)c1ccccc1. The predicted octanol–water partition coefficient (Wildman–Crippen LogP) is 4.22. The molecular formula is C19H18O3S. The number of hydrogen-bond acceptors (Lipinski definition) is 3. The zero-order valence-corrected chi connectivity index (χ0v) is 13.4. The van der Waals surface area contributed by atoms with Crippen molar-refractivity contribution < 1.29 is 14.7 Å². The molecule has 0 amide bonds. The van der Waals surface area contributed by atoms with E-state index in [0.717, 1.165) is 11.1 Å². The van der Waals surface area contributed by atoms with Gasteiger partial charge < -0.3 is 5.11 Å². The lowest BCUT2D eigenvalue weighted by molar-refractivity contribution is -0.139. The molecule has 0 radical (unpaired) electrons. The molecule has 2 aromatic carbocycles. The van der Waals surface area contributed by atoms with Crippen LogP contribution in [0.1, 0.15) is 22.8 Å². The molecule has 1 N–H and O–H groups in total. The maximum atomic E-state index is 11.6. The summed E-state index contributed by atoms with van der Waals surface area (Å²) in [5.74, 6) is -1.16. The van der Waals surface area contributed by atoms with Crippen LogP contribution in [0.25, 0.3) is 6.08 Å². The first-order chi connectivity index (χ1) is 11.1. The lowest BCUT2D eigenvalue weighted by atomic mass is 10.1. The van der Waals surface area contributed by atoms with Crippen molar-refractivity contribution in [1.82, 2.24) is 0 Å². The minimum absolute atomic E-state index is 0.00847. The molecule has 1 atom stereocenters. The molecule has 0 heterocycles. The van der Waals surface area contributed by atoms with Crippen molar-refractivity contribution in [3.8, 4) is 0 Å². The second-order valence-electron chi connectivity index (χ2n) is 5.02. The van der Waals surface area contributed by atoms with Crippen LogP contribution in [0.3, 0.4) is 0 Å². The smallest absolute Gasteiger partial charge is 0.310 e. The number of thioether (sulfide) groups is 1. The number of carboxylic acid groups (broad SMARTS) is 1. The molecule has 0 saturated carbocycles. The summed E-state index contributed by atoms with van der Waals surface area (Å²) >= 11 is 1.44. The van der Waals surface area contributed by atoms with Crippen molar-refractivity contribution in [2.24, 2.45) is 0 Å². The van der Waals surface area contributed by atoms with E-state index in [2.05, 4.69) is 0 Å². The Kier molecular flexibility index (Phi) is 6.63. The zero-order valence-electron chi connectivity index (χ0n) is 12.6. The normalized spacial score (nSPS) is 12.2. The Morgan fingerprint density at radius 2 is 1.61 bits per heavy atom. The zero-order chi connectivity index (χ0) is 16.5. The van der Waals surface area contributed by atoms with Crippen LogP contribution in [0.2, 0.25) is 0 Å². The average Bonchev–Trinajstić information content (AvgIpc) is 2.56. The third kappa shape index (κ3) is 6.12. The average molecular weight is 326 g/mol. The van der Waals surface area contributed by atoms with Gasteiger partial charge in [-0.1, -0.05) is 72.8 Å². The summed E-state index contributed by atoms with van der Waals surface area (Å²) in [6, 6.07) is 19.8. The Hall–Kier alpha value is -2.33. The summed E-state index contributed by atoms with van der Waals surface area (Å²) in [5, 5.41) is 8.68. The van der Waals surface area contributed by atoms with Gasteiger partial charge in [-0.15, -0.1) is 11.8 Å². The summed E-state index contributed by atoms with van der Waals surface area (Å²) in [4.78, 5) is 22.2. The maximum Gasteiger partial charge on any atom is 0.310 e. The molecule has 0 spiro atoms. The Bertz CT molecular complexity index is 666. The van der Waals surface area contributed by atoms with Gasteiger partial charge >= 0.3 is 5.97 Å². The Morgan fingerprint density at radius 1 is 1.00 bits per heavy atom. The standard InChI is InChI=1S/C19H18O3S/c20-17(13-19(21)22)14-23-18(16-9-5-2-6-10-16)12-11-15-7-3-1-4-8-15/h1-12,18H,13-14H2,(H,21,22)/b12-11+. The van der Waals surface area contributed by atoms with Gasteiger partial charge in [-0.25, -0.2) is 0 Å². The number of carbonyl (C=O) groups excluding carboxylic acids is 1. The fourth-order valence-electron chi connectivity index (χ4n) is 2.07. The van der Waals surface area contributed by atoms with Crippen molar-refractivity contribution in [1.29, 1.82) is 0 Å². The fraction of sp³-hybridized carbons (Fsp3) is 0.158. The molecule has 0 aliphatic rings. The highest BCUT2D eigenvalue weighted by Gasteiger charge is 2.13. The number of benzene rings is 2. The highest BCUT2D eigenvalue weighted by Crippen LogP contribution is 2.31. The minimum atomic E-state index is -1.08. The van der Waals surface area contributed by atoms with Crippen LogP contribution < -0.4 is 0 Å². The van der Waals surface area contributed by atoms with Gasteiger partial charge in [0, 0.05) is 5.25 Å². The summed E-state index contributed by atoms with van der Waals surface area (Å²) in [7, 11) is 0. The van der Waals surface area contributed by atoms with E-state index in [4.69, 9.17) is 5.11 Å². The summed E-state index contributed by atoms with van der Waals surface area (Å²) in [6.45, 7) is 0. The fourth-order valence-corrected chi connectivity index (χ4v) is 3.08. The van der Waals surface area contributed by atoms with E-state index in [-0.39, 0.29) is 16.8 Å². The van der Waals surface area contributed by atoms with E-state index in [0.29, 0.717) is 0 Å². The van der Waals surface area contributed by atoms with Gasteiger partial charge in [-0.2, -0.15) is 0 Å². The van der Waals surface area contributed by atoms with Crippen molar-refractivity contribution >= 4 is 29.6 Å². The van der Waals surface area contributed by atoms with Gasteiger partial charge in [0.15, 0.2) is 5.78 Å². The van der Waals surface area contributed by atoms with E-state index < -0.39 is 12.4 Å². The summed E-state index contributed by atoms with van der Waals surface area (Å²) in [5.41, 5.74) is 2.18. The number of aliphatic carboxylic acids is 1. The van der Waals surface area contributed by atoms with E-state index in [1.807, 2.05) is 72.8 Å². The number of carboxylic acids is 1. The summed E-state index contributed by atoms with van der Waals surface area (Å²) in [6.07, 6.45) is 3.65. The van der Waals surface area contributed by atoms with Crippen LogP contribution in [-0.2, 0) is 9.59 Å². The minimum Gasteiger partial charge on any atom is -0.481 e. The Morgan fingerprint density at radius 3 is 2.22 bits per heavy atom. The van der Waals surface area contributed by atoms with Gasteiger partial charge in [-0.3, -0.25) is 9.59 Å². The first-order valence-corrected chi connectivity index (χ1v) is 8.33. The van der Waals surface area contributed by atoms with Crippen molar-refractivity contribution in [2.45, 2.75) is 11.7 Å². The predicted molar refractivity (Wildman–Crippen MR) is 94.4 cm³/mol. The molecular weight excluding hydrogens is 308 g/mol. The van der Waals surface area contributed by atoms with Crippen LogP contribution in [0.15, 0.2) is 66.7 Å². The first kappa shape index (κ1) is 17.0. The highest BCUT2D eigenvalue weighted by molar-refractivity contribution is 8.00. The third-order valence-electron chi connectivity index (χ3n) is 3.16. The van der Waals surface area contributed by atoms with E-state index in [1.165, 1.54) is 11.8 Å². The number of rotatable bonds is 8. The summed E-state index contributed by atoms with van der Waals surface area (Å²) < 4.78 is 0. The number of carbonyl (C=O) groups is 2. The quantitative estimate of drug-likeness (QED) is 0.738. The maximum absolute atomic E-state index is 11.6. The molecule has 1 unspecified atom stereocenters.